The number of anilines is 6. The fraction of sp³-hybridized carbons (Fsp3) is 0.0250. The molecule has 0 saturated carbocycles. The molecule has 0 fully saturated rings. The van der Waals surface area contributed by atoms with Crippen LogP contribution in [0.4, 0.5) is 34.1 Å². The van der Waals surface area contributed by atoms with Gasteiger partial charge in [0.2, 0.25) is 0 Å². The molecule has 0 amide bonds. The van der Waals surface area contributed by atoms with Gasteiger partial charge < -0.3 is 27.4 Å². The summed E-state index contributed by atoms with van der Waals surface area (Å²) in [6.45, 7) is 4.44. The van der Waals surface area contributed by atoms with Gasteiger partial charge in [0.15, 0.2) is 11.2 Å². The molecule has 6 aromatic heterocycles. The van der Waals surface area contributed by atoms with Crippen molar-refractivity contribution in [2.75, 3.05) is 9.80 Å². The summed E-state index contributed by atoms with van der Waals surface area (Å²) in [5.74, 6) is 0. The average molecular weight is 1100 g/mol. The van der Waals surface area contributed by atoms with Crippen molar-refractivity contribution in [3.63, 3.8) is 0 Å². The monoisotopic (exact) mass is 1100 g/mol. The van der Waals surface area contributed by atoms with E-state index in [4.69, 9.17) is 8.83 Å². The number of furan rings is 2. The van der Waals surface area contributed by atoms with Crippen LogP contribution in [0.1, 0.15) is 11.1 Å². The maximum Gasteiger partial charge on any atom is 0.159 e. The maximum atomic E-state index is 7.01. The van der Waals surface area contributed by atoms with Crippen molar-refractivity contribution >= 4 is 154 Å². The Morgan fingerprint density at radius 3 is 1.10 bits per heavy atom. The zero-order chi connectivity index (χ0) is 56.5. The molecule has 19 aromatic rings. The highest BCUT2D eigenvalue weighted by atomic mass is 16.3. The van der Waals surface area contributed by atoms with Gasteiger partial charge in [-0.15, -0.1) is 0 Å². The normalized spacial score (nSPS) is 12.3. The second kappa shape index (κ2) is 17.6. The summed E-state index contributed by atoms with van der Waals surface area (Å²) in [6, 6.07) is 97.5. The minimum absolute atomic E-state index is 0.863. The lowest BCUT2D eigenvalue weighted by molar-refractivity contribution is 0.668. The van der Waals surface area contributed by atoms with Gasteiger partial charge in [-0.2, -0.15) is 0 Å². The Morgan fingerprint density at radius 1 is 0.279 bits per heavy atom. The highest BCUT2D eigenvalue weighted by Crippen LogP contribution is 2.55. The highest BCUT2D eigenvalue weighted by Gasteiger charge is 2.32. The zero-order valence-electron chi connectivity index (χ0n) is 47.0. The number of aromatic nitrogens is 2. The van der Waals surface area contributed by atoms with Crippen LogP contribution in [-0.2, 0) is 0 Å². The quantitative estimate of drug-likeness (QED) is 0.152. The molecule has 0 aliphatic carbocycles. The van der Waals surface area contributed by atoms with Gasteiger partial charge in [-0.05, 0) is 96.8 Å². The van der Waals surface area contributed by atoms with E-state index in [-0.39, 0.29) is 0 Å². The summed E-state index contributed by atoms with van der Waals surface area (Å²) in [5, 5.41) is 14.0. The van der Waals surface area contributed by atoms with Crippen LogP contribution in [0.2, 0.25) is 0 Å². The van der Waals surface area contributed by atoms with Crippen LogP contribution in [0, 0.1) is 13.8 Å². The first-order valence-electron chi connectivity index (χ1n) is 29.6. The van der Waals surface area contributed by atoms with E-state index < -0.39 is 0 Å². The summed E-state index contributed by atoms with van der Waals surface area (Å²) >= 11 is 0. The Morgan fingerprint density at radius 2 is 0.651 bits per heavy atom. The van der Waals surface area contributed by atoms with Crippen molar-refractivity contribution in [1.29, 1.82) is 0 Å². The third-order valence-corrected chi connectivity index (χ3v) is 18.6. The van der Waals surface area contributed by atoms with E-state index in [0.717, 1.165) is 122 Å². The molecular formula is C80H50N4O2. The summed E-state index contributed by atoms with van der Waals surface area (Å²) in [4.78, 5) is 4.99. The number of hydrogen-bond acceptors (Lipinski definition) is 4. The molecule has 0 aliphatic heterocycles. The zero-order valence-corrected chi connectivity index (χ0v) is 47.0. The van der Waals surface area contributed by atoms with Crippen molar-refractivity contribution in [2.24, 2.45) is 0 Å². The van der Waals surface area contributed by atoms with Crippen LogP contribution < -0.4 is 9.80 Å². The molecule has 6 heteroatoms. The van der Waals surface area contributed by atoms with Crippen LogP contribution in [-0.4, -0.2) is 8.80 Å². The third-order valence-electron chi connectivity index (χ3n) is 18.6. The molecule has 0 saturated heterocycles. The molecule has 0 bridgehead atoms. The van der Waals surface area contributed by atoms with Gasteiger partial charge >= 0.3 is 0 Å². The van der Waals surface area contributed by atoms with Gasteiger partial charge in [0.05, 0.1) is 67.2 Å². The Balaban J connectivity index is 0.902. The molecule has 6 nitrogen and oxygen atoms in total. The van der Waals surface area contributed by atoms with Gasteiger partial charge in [0.25, 0.3) is 0 Å². The Labute approximate surface area is 493 Å². The molecule has 0 unspecified atom stereocenters. The Hall–Kier alpha value is -11.3. The standard InChI is InChI=1S/C80H50N4O2/c1-47-37-39-57-53-27-13-19-35-71(53)85-79(57)75(47)81(63-31-15-9-25-51(63)49-21-5-3-6-22-49)67-43-41-55-61-45-70-62(46-69(61)83-65-33-17-11-29-59(65)73(67)77(55)83)56-42-44-68(74-60-30-12-18-34-66(60)84(70)78(56)74)82(64-32-16-10-26-52(64)50-23-7-4-8-24-50)76-48(2)38-40-58-54-28-14-20-36-72(54)86-80(58)76/h3-46H,1-2H3. The minimum Gasteiger partial charge on any atom is -0.454 e. The lowest BCUT2D eigenvalue weighted by Crippen LogP contribution is -2.13. The molecule has 0 atom stereocenters. The molecular weight excluding hydrogens is 1050 g/mol. The topological polar surface area (TPSA) is 41.6 Å². The largest absolute Gasteiger partial charge is 0.454 e. The fourth-order valence-corrected chi connectivity index (χ4v) is 14.9. The summed E-state index contributed by atoms with van der Waals surface area (Å²) in [7, 11) is 0. The smallest absolute Gasteiger partial charge is 0.159 e. The lowest BCUT2D eigenvalue weighted by Gasteiger charge is -2.30. The van der Waals surface area contributed by atoms with Gasteiger partial charge in [0.1, 0.15) is 11.2 Å². The lowest BCUT2D eigenvalue weighted by atomic mass is 9.98. The van der Waals surface area contributed by atoms with Crippen LogP contribution in [0.15, 0.2) is 276 Å². The first kappa shape index (κ1) is 47.2. The predicted octanol–water partition coefficient (Wildman–Crippen LogP) is 22.7. The fourth-order valence-electron chi connectivity index (χ4n) is 14.9. The molecule has 402 valence electrons. The van der Waals surface area contributed by atoms with Crippen molar-refractivity contribution in [3.8, 4) is 22.3 Å². The summed E-state index contributed by atoms with van der Waals surface area (Å²) < 4.78 is 19.1. The van der Waals surface area contributed by atoms with Crippen molar-refractivity contribution in [2.45, 2.75) is 13.8 Å². The molecule has 0 radical (unpaired) electrons. The van der Waals surface area contributed by atoms with Crippen LogP contribution >= 0.6 is 0 Å². The number of hydrogen-bond donors (Lipinski definition) is 0. The van der Waals surface area contributed by atoms with E-state index in [9.17, 15) is 0 Å². The van der Waals surface area contributed by atoms with Gasteiger partial charge in [-0.1, -0.05) is 206 Å². The average Bonchev–Trinajstić information content (AvgIpc) is 1.53. The Bertz CT molecular complexity index is 5630. The second-order valence-electron chi connectivity index (χ2n) is 23.2. The van der Waals surface area contributed by atoms with E-state index >= 15 is 0 Å². The first-order valence-corrected chi connectivity index (χ1v) is 29.6. The van der Waals surface area contributed by atoms with Gasteiger partial charge in [0, 0.05) is 75.8 Å². The highest BCUT2D eigenvalue weighted by molar-refractivity contribution is 6.33. The summed E-state index contributed by atoms with van der Waals surface area (Å²) in [6.07, 6.45) is 0. The number of para-hydroxylation sites is 6. The molecule has 0 N–H and O–H groups in total. The number of rotatable bonds is 8. The van der Waals surface area contributed by atoms with E-state index in [2.05, 4.69) is 299 Å². The SMILES string of the molecule is Cc1ccc2c(oc3ccccc32)c1N(c1ccccc1-c1ccccc1)c1ccc2c3cc4c(cc3n3c5ccccc5c1c23)c1ccc(N(c2ccccc2-c2ccccc2)c2c(C)ccc3c2oc2ccccc23)c2c3ccccc3n4c12. The number of benzene rings is 13. The molecule has 0 aliphatic rings. The molecule has 0 spiro atoms. The molecule has 86 heavy (non-hydrogen) atoms. The van der Waals surface area contributed by atoms with Gasteiger partial charge in [-0.3, -0.25) is 0 Å². The number of fused-ring (bicyclic) bond motifs is 18. The Kier molecular flexibility index (Phi) is 9.65. The van der Waals surface area contributed by atoms with E-state index in [1.807, 2.05) is 0 Å². The summed E-state index contributed by atoms with van der Waals surface area (Å²) in [5.41, 5.74) is 23.7. The third kappa shape index (κ3) is 6.34. The van der Waals surface area contributed by atoms with Crippen molar-refractivity contribution < 1.29 is 8.83 Å². The van der Waals surface area contributed by atoms with E-state index in [0.29, 0.717) is 0 Å². The molecule has 13 aromatic carbocycles. The minimum atomic E-state index is 0.863. The van der Waals surface area contributed by atoms with E-state index in [1.165, 1.54) is 65.2 Å². The van der Waals surface area contributed by atoms with Crippen LogP contribution in [0.25, 0.3) is 142 Å². The van der Waals surface area contributed by atoms with E-state index in [1.54, 1.807) is 0 Å². The van der Waals surface area contributed by atoms with Crippen molar-refractivity contribution in [1.82, 2.24) is 8.80 Å². The van der Waals surface area contributed by atoms with Crippen LogP contribution in [0.5, 0.6) is 0 Å². The van der Waals surface area contributed by atoms with Gasteiger partial charge in [-0.25, -0.2) is 0 Å². The maximum absolute atomic E-state index is 7.01. The molecule has 19 rings (SSSR count). The predicted molar refractivity (Wildman–Crippen MR) is 360 cm³/mol. The van der Waals surface area contributed by atoms with Crippen molar-refractivity contribution in [3.05, 3.63) is 278 Å². The second-order valence-corrected chi connectivity index (χ2v) is 23.2. The first-order chi connectivity index (χ1) is 42.6. The number of aryl methyl sites for hydroxylation is 2. The molecule has 6 heterocycles. The number of nitrogens with zero attached hydrogens (tertiary/aromatic N) is 4. The van der Waals surface area contributed by atoms with Crippen LogP contribution in [0.3, 0.4) is 0 Å².